The van der Waals surface area contributed by atoms with Crippen molar-refractivity contribution in [3.63, 3.8) is 0 Å². The summed E-state index contributed by atoms with van der Waals surface area (Å²) in [4.78, 5) is 12.1. The van der Waals surface area contributed by atoms with Gasteiger partial charge in [-0.15, -0.1) is 0 Å². The normalized spacial score (nSPS) is 10.3. The molecule has 0 radical (unpaired) electrons. The average Bonchev–Trinajstić information content (AvgIpc) is 2.38. The van der Waals surface area contributed by atoms with Gasteiger partial charge >= 0.3 is 0 Å². The highest BCUT2D eigenvalue weighted by atomic mass is 79.9. The van der Waals surface area contributed by atoms with Crippen molar-refractivity contribution < 1.29 is 9.18 Å². The van der Waals surface area contributed by atoms with Crippen LogP contribution in [0.3, 0.4) is 0 Å². The highest BCUT2D eigenvalue weighted by Gasteiger charge is 2.14. The molecule has 0 fully saturated rings. The molecule has 2 nitrogen and oxygen atoms in total. The van der Waals surface area contributed by atoms with Gasteiger partial charge in [0.15, 0.2) is 0 Å². The van der Waals surface area contributed by atoms with E-state index in [1.165, 1.54) is 12.1 Å². The van der Waals surface area contributed by atoms with Crippen molar-refractivity contribution in [2.24, 2.45) is 0 Å². The monoisotopic (exact) mass is 385 g/mol. The Kier molecular flexibility index (Phi) is 4.37. The van der Waals surface area contributed by atoms with E-state index in [-0.39, 0.29) is 15.9 Å². The summed E-state index contributed by atoms with van der Waals surface area (Å²) in [5.74, 6) is -0.814. The predicted octanol–water partition coefficient (Wildman–Crippen LogP) is 4.91. The lowest BCUT2D eigenvalue weighted by atomic mass is 10.1. The number of halogens is 3. The second-order valence-corrected chi connectivity index (χ2v) is 5.62. The maximum Gasteiger partial charge on any atom is 0.256 e. The summed E-state index contributed by atoms with van der Waals surface area (Å²) in [6.07, 6.45) is 0. The van der Waals surface area contributed by atoms with Crippen LogP contribution in [0, 0.1) is 12.7 Å². The first-order valence-electron chi connectivity index (χ1n) is 5.51. The largest absolute Gasteiger partial charge is 0.322 e. The molecule has 0 atom stereocenters. The van der Waals surface area contributed by atoms with E-state index in [2.05, 4.69) is 37.2 Å². The number of hydrogen-bond donors (Lipinski definition) is 1. The molecule has 5 heteroatoms. The van der Waals surface area contributed by atoms with E-state index in [1.54, 1.807) is 12.1 Å². The zero-order chi connectivity index (χ0) is 14.0. The molecule has 0 aliphatic carbocycles. The minimum absolute atomic E-state index is 0.167. The van der Waals surface area contributed by atoms with E-state index in [9.17, 15) is 9.18 Å². The van der Waals surface area contributed by atoms with Gasteiger partial charge in [-0.3, -0.25) is 4.79 Å². The fraction of sp³-hybridized carbons (Fsp3) is 0.0714. The lowest BCUT2D eigenvalue weighted by molar-refractivity contribution is 0.102. The van der Waals surface area contributed by atoms with Crippen LogP contribution in [0.4, 0.5) is 10.1 Å². The number of anilines is 1. The first-order valence-corrected chi connectivity index (χ1v) is 7.10. The standard InChI is InChI=1S/C14H10Br2FNO/c1-8-10(15)5-3-7-12(8)18-14(19)9-4-2-6-11(17)13(9)16/h2-7H,1H3,(H,18,19). The van der Waals surface area contributed by atoms with Gasteiger partial charge < -0.3 is 5.32 Å². The number of carbonyl (C=O) groups excluding carboxylic acids is 1. The highest BCUT2D eigenvalue weighted by Crippen LogP contribution is 2.25. The van der Waals surface area contributed by atoms with E-state index in [4.69, 9.17) is 0 Å². The molecule has 19 heavy (non-hydrogen) atoms. The molecule has 0 bridgehead atoms. The summed E-state index contributed by atoms with van der Waals surface area (Å²) in [5.41, 5.74) is 1.87. The highest BCUT2D eigenvalue weighted by molar-refractivity contribution is 9.10. The topological polar surface area (TPSA) is 29.1 Å². The van der Waals surface area contributed by atoms with Gasteiger partial charge in [-0.1, -0.05) is 28.1 Å². The molecule has 0 aliphatic rings. The zero-order valence-electron chi connectivity index (χ0n) is 10.0. The Morgan fingerprint density at radius 3 is 2.58 bits per heavy atom. The molecule has 2 aromatic rings. The maximum atomic E-state index is 13.4. The molecule has 0 spiro atoms. The molecule has 0 aromatic heterocycles. The van der Waals surface area contributed by atoms with Crippen molar-refractivity contribution >= 4 is 43.5 Å². The van der Waals surface area contributed by atoms with Crippen LogP contribution in [0.15, 0.2) is 45.3 Å². The van der Waals surface area contributed by atoms with Crippen molar-refractivity contribution in [2.75, 3.05) is 5.32 Å². The van der Waals surface area contributed by atoms with Crippen LogP contribution in [-0.4, -0.2) is 5.91 Å². The Morgan fingerprint density at radius 1 is 1.16 bits per heavy atom. The van der Waals surface area contributed by atoms with E-state index in [0.29, 0.717) is 5.69 Å². The van der Waals surface area contributed by atoms with Crippen LogP contribution in [0.1, 0.15) is 15.9 Å². The summed E-state index contributed by atoms with van der Waals surface area (Å²) >= 11 is 6.48. The van der Waals surface area contributed by atoms with Crippen LogP contribution in [0.5, 0.6) is 0 Å². The molecule has 0 heterocycles. The van der Waals surface area contributed by atoms with E-state index in [0.717, 1.165) is 10.0 Å². The Bertz CT molecular complexity index is 643. The third-order valence-corrected chi connectivity index (χ3v) is 4.38. The SMILES string of the molecule is Cc1c(Br)cccc1NC(=O)c1cccc(F)c1Br. The molecular formula is C14H10Br2FNO. The fourth-order valence-electron chi connectivity index (χ4n) is 1.61. The zero-order valence-corrected chi connectivity index (χ0v) is 13.2. The van der Waals surface area contributed by atoms with Crippen molar-refractivity contribution in [3.8, 4) is 0 Å². The number of rotatable bonds is 2. The van der Waals surface area contributed by atoms with Crippen molar-refractivity contribution in [1.29, 1.82) is 0 Å². The first-order chi connectivity index (χ1) is 9.00. The molecule has 98 valence electrons. The summed E-state index contributed by atoms with van der Waals surface area (Å²) in [7, 11) is 0. The summed E-state index contributed by atoms with van der Waals surface area (Å²) in [6.45, 7) is 1.89. The number of hydrogen-bond acceptors (Lipinski definition) is 1. The summed E-state index contributed by atoms with van der Waals surface area (Å²) < 4.78 is 14.5. The molecule has 0 saturated carbocycles. The lowest BCUT2D eigenvalue weighted by Gasteiger charge is -2.10. The van der Waals surface area contributed by atoms with Crippen molar-refractivity contribution in [1.82, 2.24) is 0 Å². The molecule has 0 aliphatic heterocycles. The molecule has 2 rings (SSSR count). The van der Waals surface area contributed by atoms with Gasteiger partial charge in [0.25, 0.3) is 5.91 Å². The van der Waals surface area contributed by atoms with Gasteiger partial charge in [0.1, 0.15) is 5.82 Å². The lowest BCUT2D eigenvalue weighted by Crippen LogP contribution is -2.14. The smallest absolute Gasteiger partial charge is 0.256 e. The molecule has 0 unspecified atom stereocenters. The van der Waals surface area contributed by atoms with Crippen LogP contribution < -0.4 is 5.32 Å². The number of nitrogens with one attached hydrogen (secondary N) is 1. The molecular weight excluding hydrogens is 377 g/mol. The van der Waals surface area contributed by atoms with Crippen molar-refractivity contribution in [3.05, 3.63) is 62.3 Å². The van der Waals surface area contributed by atoms with E-state index in [1.807, 2.05) is 19.1 Å². The van der Waals surface area contributed by atoms with Gasteiger partial charge in [0.05, 0.1) is 10.0 Å². The van der Waals surface area contributed by atoms with Gasteiger partial charge in [0, 0.05) is 10.2 Å². The number of carbonyl (C=O) groups is 1. The second kappa shape index (κ2) is 5.84. The third-order valence-electron chi connectivity index (χ3n) is 2.71. The van der Waals surface area contributed by atoms with E-state index < -0.39 is 5.82 Å². The maximum absolute atomic E-state index is 13.4. The molecule has 0 saturated heterocycles. The molecule has 1 amide bonds. The number of benzene rings is 2. The van der Waals surface area contributed by atoms with Crippen molar-refractivity contribution in [2.45, 2.75) is 6.92 Å². The van der Waals surface area contributed by atoms with Crippen LogP contribution in [0.25, 0.3) is 0 Å². The molecule has 2 aromatic carbocycles. The quantitative estimate of drug-likeness (QED) is 0.780. The average molecular weight is 387 g/mol. The summed E-state index contributed by atoms with van der Waals surface area (Å²) in [5, 5.41) is 2.77. The van der Waals surface area contributed by atoms with Crippen LogP contribution >= 0.6 is 31.9 Å². The second-order valence-electron chi connectivity index (χ2n) is 3.97. The van der Waals surface area contributed by atoms with Gasteiger partial charge in [-0.05, 0) is 52.7 Å². The number of amides is 1. The Balaban J connectivity index is 2.31. The minimum Gasteiger partial charge on any atom is -0.322 e. The Morgan fingerprint density at radius 2 is 1.84 bits per heavy atom. The third kappa shape index (κ3) is 3.04. The summed E-state index contributed by atoms with van der Waals surface area (Å²) in [6, 6.07) is 9.88. The van der Waals surface area contributed by atoms with Gasteiger partial charge in [-0.25, -0.2) is 4.39 Å². The van der Waals surface area contributed by atoms with Crippen LogP contribution in [0.2, 0.25) is 0 Å². The van der Waals surface area contributed by atoms with E-state index >= 15 is 0 Å². The molecule has 1 N–H and O–H groups in total. The van der Waals surface area contributed by atoms with Gasteiger partial charge in [0.2, 0.25) is 0 Å². The first kappa shape index (κ1) is 14.2. The fourth-order valence-corrected chi connectivity index (χ4v) is 2.42. The minimum atomic E-state index is -0.460. The van der Waals surface area contributed by atoms with Gasteiger partial charge in [-0.2, -0.15) is 0 Å². The predicted molar refractivity (Wildman–Crippen MR) is 80.9 cm³/mol. The Hall–Kier alpha value is -1.20. The Labute approximate surface area is 127 Å². The van der Waals surface area contributed by atoms with Crippen LogP contribution in [-0.2, 0) is 0 Å².